The first-order chi connectivity index (χ1) is 11.2. The normalized spacial score (nSPS) is 13.7. The van der Waals surface area contributed by atoms with Gasteiger partial charge in [-0.05, 0) is 41.0 Å². The van der Waals surface area contributed by atoms with Gasteiger partial charge < -0.3 is 0 Å². The smallest absolute Gasteiger partial charge is 0.258 e. The minimum atomic E-state index is -0.390. The van der Waals surface area contributed by atoms with Crippen LogP contribution >= 0.6 is 0 Å². The highest BCUT2D eigenvalue weighted by Gasteiger charge is 2.23. The van der Waals surface area contributed by atoms with Crippen molar-refractivity contribution in [2.24, 2.45) is 0 Å². The molecule has 0 fully saturated rings. The molecule has 0 N–H and O–H groups in total. The third-order valence-electron chi connectivity index (χ3n) is 3.99. The Morgan fingerprint density at radius 1 is 0.870 bits per heavy atom. The van der Waals surface area contributed by atoms with Gasteiger partial charge in [-0.25, -0.2) is 0 Å². The van der Waals surface area contributed by atoms with Gasteiger partial charge in [-0.2, -0.15) is 0 Å². The Balaban J connectivity index is 1.86. The molecule has 23 heavy (non-hydrogen) atoms. The summed E-state index contributed by atoms with van der Waals surface area (Å²) < 4.78 is 0. The van der Waals surface area contributed by atoms with Gasteiger partial charge in [0.25, 0.3) is 5.69 Å². The Hall–Kier alpha value is -3.27. The number of rotatable bonds is 2. The van der Waals surface area contributed by atoms with Gasteiger partial charge in [0.1, 0.15) is 0 Å². The average molecular weight is 300 g/mol. The predicted octanol–water partition coefficient (Wildman–Crippen LogP) is 4.56. The lowest BCUT2D eigenvalue weighted by atomic mass is 10.0. The molecule has 3 aromatic rings. The molecule has 4 rings (SSSR count). The minimum Gasteiger partial charge on any atom is -0.258 e. The zero-order valence-electron chi connectivity index (χ0n) is 12.1. The summed E-state index contributed by atoms with van der Waals surface area (Å²) in [7, 11) is 0. The van der Waals surface area contributed by atoms with E-state index in [2.05, 4.69) is 23.2 Å². The van der Waals surface area contributed by atoms with Crippen LogP contribution in [-0.4, -0.2) is 9.91 Å². The molecule has 0 bridgehead atoms. The summed E-state index contributed by atoms with van der Waals surface area (Å²) in [6, 6.07) is 18.8. The lowest BCUT2D eigenvalue weighted by Gasteiger charge is -2.02. The SMILES string of the molecule is O=[N+]([O-])c1ccc(/C=C2\c3ccccc3-c3cccnc32)cc1. The lowest BCUT2D eigenvalue weighted by molar-refractivity contribution is -0.384. The summed E-state index contributed by atoms with van der Waals surface area (Å²) in [5, 5.41) is 10.8. The highest BCUT2D eigenvalue weighted by Crippen LogP contribution is 2.43. The van der Waals surface area contributed by atoms with Gasteiger partial charge in [0.05, 0.1) is 10.6 Å². The highest BCUT2D eigenvalue weighted by atomic mass is 16.6. The molecule has 4 heteroatoms. The molecule has 0 atom stereocenters. The summed E-state index contributed by atoms with van der Waals surface area (Å²) >= 11 is 0. The zero-order chi connectivity index (χ0) is 15.8. The molecule has 110 valence electrons. The number of fused-ring (bicyclic) bond motifs is 3. The van der Waals surface area contributed by atoms with Crippen molar-refractivity contribution in [2.45, 2.75) is 0 Å². The number of nitro groups is 1. The molecular formula is C19H12N2O2. The van der Waals surface area contributed by atoms with Gasteiger partial charge in [0.15, 0.2) is 0 Å². The van der Waals surface area contributed by atoms with Crippen molar-refractivity contribution in [3.63, 3.8) is 0 Å². The summed E-state index contributed by atoms with van der Waals surface area (Å²) in [4.78, 5) is 14.9. The van der Waals surface area contributed by atoms with Gasteiger partial charge >= 0.3 is 0 Å². The van der Waals surface area contributed by atoms with Crippen LogP contribution in [0.15, 0.2) is 66.9 Å². The van der Waals surface area contributed by atoms with E-state index >= 15 is 0 Å². The van der Waals surface area contributed by atoms with Crippen molar-refractivity contribution in [2.75, 3.05) is 0 Å². The summed E-state index contributed by atoms with van der Waals surface area (Å²) in [5.41, 5.74) is 6.44. The van der Waals surface area contributed by atoms with Crippen LogP contribution < -0.4 is 0 Å². The van der Waals surface area contributed by atoms with Gasteiger partial charge in [0.2, 0.25) is 0 Å². The molecule has 1 aliphatic carbocycles. The zero-order valence-corrected chi connectivity index (χ0v) is 12.1. The quantitative estimate of drug-likeness (QED) is 0.403. The summed E-state index contributed by atoms with van der Waals surface area (Å²) in [6.07, 6.45) is 3.82. The molecule has 1 aromatic heterocycles. The van der Waals surface area contributed by atoms with Gasteiger partial charge in [0, 0.05) is 29.5 Å². The first-order valence-corrected chi connectivity index (χ1v) is 7.25. The minimum absolute atomic E-state index is 0.0949. The molecule has 4 nitrogen and oxygen atoms in total. The van der Waals surface area contributed by atoms with E-state index in [4.69, 9.17) is 0 Å². The van der Waals surface area contributed by atoms with Crippen LogP contribution in [0.25, 0.3) is 22.8 Å². The lowest BCUT2D eigenvalue weighted by Crippen LogP contribution is -1.88. The fraction of sp³-hybridized carbons (Fsp3) is 0. The number of hydrogen-bond donors (Lipinski definition) is 0. The average Bonchev–Trinajstić information content (AvgIpc) is 2.90. The molecule has 0 spiro atoms. The number of nitro benzene ring substituents is 1. The second-order valence-corrected chi connectivity index (χ2v) is 5.35. The maximum Gasteiger partial charge on any atom is 0.269 e. The second kappa shape index (κ2) is 5.18. The standard InChI is InChI=1S/C19H12N2O2/c22-21(23)14-9-7-13(8-10-14)12-18-16-5-2-1-4-15(16)17-6-3-11-20-19(17)18/h1-12H/b18-12+. The van der Waals surface area contributed by atoms with Gasteiger partial charge in [-0.15, -0.1) is 0 Å². The first-order valence-electron chi connectivity index (χ1n) is 7.25. The van der Waals surface area contributed by atoms with Crippen molar-refractivity contribution in [1.29, 1.82) is 0 Å². The maximum atomic E-state index is 10.8. The highest BCUT2D eigenvalue weighted by molar-refractivity contribution is 6.05. The van der Waals surface area contributed by atoms with Crippen LogP contribution in [0, 0.1) is 10.1 Å². The van der Waals surface area contributed by atoms with Crippen molar-refractivity contribution in [3.8, 4) is 11.1 Å². The van der Waals surface area contributed by atoms with E-state index in [9.17, 15) is 10.1 Å². The Morgan fingerprint density at radius 2 is 1.57 bits per heavy atom. The number of nitrogens with zero attached hydrogens (tertiary/aromatic N) is 2. The number of aromatic nitrogens is 1. The Labute approximate surface area is 132 Å². The fourth-order valence-corrected chi connectivity index (χ4v) is 2.92. The van der Waals surface area contributed by atoms with E-state index in [1.54, 1.807) is 18.3 Å². The molecule has 0 saturated heterocycles. The fourth-order valence-electron chi connectivity index (χ4n) is 2.92. The molecule has 0 radical (unpaired) electrons. The van der Waals surface area contributed by atoms with Crippen LogP contribution in [0.1, 0.15) is 16.8 Å². The Bertz CT molecular complexity index is 896. The Morgan fingerprint density at radius 3 is 2.30 bits per heavy atom. The molecule has 0 amide bonds. The van der Waals surface area contributed by atoms with E-state index in [1.165, 1.54) is 17.7 Å². The van der Waals surface area contributed by atoms with Crippen LogP contribution in [0.2, 0.25) is 0 Å². The van der Waals surface area contributed by atoms with E-state index in [0.29, 0.717) is 0 Å². The molecule has 1 heterocycles. The van der Waals surface area contributed by atoms with E-state index in [1.807, 2.05) is 24.3 Å². The number of non-ortho nitro benzene ring substituents is 1. The van der Waals surface area contributed by atoms with Crippen molar-refractivity contribution in [3.05, 3.63) is 93.8 Å². The van der Waals surface area contributed by atoms with Crippen LogP contribution in [0.4, 0.5) is 5.69 Å². The van der Waals surface area contributed by atoms with Crippen LogP contribution in [0.3, 0.4) is 0 Å². The molecule has 0 aliphatic heterocycles. The Kier molecular flexibility index (Phi) is 3.01. The maximum absolute atomic E-state index is 10.8. The third-order valence-corrected chi connectivity index (χ3v) is 3.99. The van der Waals surface area contributed by atoms with Gasteiger partial charge in [-0.3, -0.25) is 15.1 Å². The molecular weight excluding hydrogens is 288 g/mol. The van der Waals surface area contributed by atoms with Gasteiger partial charge in [-0.1, -0.05) is 30.3 Å². The molecule has 0 saturated carbocycles. The number of hydrogen-bond acceptors (Lipinski definition) is 3. The number of benzene rings is 2. The number of pyridine rings is 1. The molecule has 0 unspecified atom stereocenters. The summed E-state index contributed by atoms with van der Waals surface area (Å²) in [6.45, 7) is 0. The van der Waals surface area contributed by atoms with E-state index < -0.39 is 4.92 Å². The van der Waals surface area contributed by atoms with Crippen LogP contribution in [-0.2, 0) is 0 Å². The van der Waals surface area contributed by atoms with E-state index in [0.717, 1.165) is 28.0 Å². The van der Waals surface area contributed by atoms with Crippen molar-refractivity contribution >= 4 is 17.3 Å². The van der Waals surface area contributed by atoms with E-state index in [-0.39, 0.29) is 5.69 Å². The topological polar surface area (TPSA) is 56.0 Å². The predicted molar refractivity (Wildman–Crippen MR) is 89.7 cm³/mol. The summed E-state index contributed by atoms with van der Waals surface area (Å²) in [5.74, 6) is 0. The largest absolute Gasteiger partial charge is 0.269 e. The van der Waals surface area contributed by atoms with Crippen molar-refractivity contribution < 1.29 is 4.92 Å². The van der Waals surface area contributed by atoms with Crippen molar-refractivity contribution in [1.82, 2.24) is 4.98 Å². The first kappa shape index (κ1) is 13.4. The molecule has 2 aromatic carbocycles. The second-order valence-electron chi connectivity index (χ2n) is 5.35. The van der Waals surface area contributed by atoms with Crippen LogP contribution in [0.5, 0.6) is 0 Å². The monoisotopic (exact) mass is 300 g/mol. The third kappa shape index (κ3) is 2.21. The molecule has 1 aliphatic rings.